The van der Waals surface area contributed by atoms with Gasteiger partial charge in [0.15, 0.2) is 5.13 Å². The van der Waals surface area contributed by atoms with Crippen molar-refractivity contribution in [1.82, 2.24) is 10.3 Å². The summed E-state index contributed by atoms with van der Waals surface area (Å²) in [6.45, 7) is 3.19. The summed E-state index contributed by atoms with van der Waals surface area (Å²) >= 11 is 1.57. The van der Waals surface area contributed by atoms with Crippen LogP contribution in [0.2, 0.25) is 0 Å². The van der Waals surface area contributed by atoms with Crippen LogP contribution in [0, 0.1) is 0 Å². The van der Waals surface area contributed by atoms with Gasteiger partial charge in [0.25, 0.3) is 0 Å². The molecule has 2 saturated heterocycles. The average molecular weight is 310 g/mol. The molecule has 3 heterocycles. The number of piperidine rings is 1. The lowest BCUT2D eigenvalue weighted by Crippen LogP contribution is -2.54. The number of nitrogens with two attached hydrogens (primary N) is 1. The van der Waals surface area contributed by atoms with Crippen LogP contribution < -0.4 is 16.4 Å². The van der Waals surface area contributed by atoms with Crippen molar-refractivity contribution in [2.45, 2.75) is 37.1 Å². The van der Waals surface area contributed by atoms with E-state index in [2.05, 4.69) is 15.6 Å². The van der Waals surface area contributed by atoms with Gasteiger partial charge in [-0.15, -0.1) is 11.3 Å². The van der Waals surface area contributed by atoms with Crippen molar-refractivity contribution in [3.8, 4) is 0 Å². The largest absolute Gasteiger partial charge is 0.381 e. The third-order valence-electron chi connectivity index (χ3n) is 4.32. The lowest BCUT2D eigenvalue weighted by atomic mass is 9.90. The Kier molecular flexibility index (Phi) is 4.54. The number of nitrogens with zero attached hydrogens (tertiary/aromatic N) is 1. The van der Waals surface area contributed by atoms with Gasteiger partial charge in [0.1, 0.15) is 5.54 Å². The Bertz CT molecular complexity index is 493. The number of aromatic nitrogens is 1. The van der Waals surface area contributed by atoms with Crippen molar-refractivity contribution >= 4 is 22.4 Å². The van der Waals surface area contributed by atoms with Gasteiger partial charge in [-0.3, -0.25) is 4.79 Å². The van der Waals surface area contributed by atoms with E-state index in [1.165, 1.54) is 4.88 Å². The third kappa shape index (κ3) is 3.42. The Morgan fingerprint density at radius 3 is 2.86 bits per heavy atom. The zero-order valence-electron chi connectivity index (χ0n) is 12.1. The molecule has 1 aromatic rings. The zero-order valence-corrected chi connectivity index (χ0v) is 12.9. The summed E-state index contributed by atoms with van der Waals surface area (Å²) in [6.07, 6.45) is 5.28. The number of carbonyl (C=O) groups is 1. The molecule has 0 radical (unpaired) electrons. The van der Waals surface area contributed by atoms with Gasteiger partial charge in [-0.25, -0.2) is 4.98 Å². The predicted octanol–water partition coefficient (Wildman–Crippen LogP) is 1.06. The Morgan fingerprint density at radius 2 is 2.14 bits per heavy atom. The number of hydrogen-bond acceptors (Lipinski definition) is 6. The van der Waals surface area contributed by atoms with Crippen LogP contribution in [0.4, 0.5) is 5.13 Å². The smallest absolute Gasteiger partial charge is 0.246 e. The molecule has 0 spiro atoms. The van der Waals surface area contributed by atoms with Crippen LogP contribution in [0.1, 0.15) is 36.5 Å². The molecule has 1 amide bonds. The van der Waals surface area contributed by atoms with Gasteiger partial charge in [0, 0.05) is 24.3 Å². The molecule has 3 rings (SSSR count). The maximum absolute atomic E-state index is 12.3. The topological polar surface area (TPSA) is 89.3 Å². The highest BCUT2D eigenvalue weighted by molar-refractivity contribution is 7.15. The molecule has 7 heteroatoms. The fourth-order valence-corrected chi connectivity index (χ4v) is 3.80. The molecule has 6 nitrogen and oxygen atoms in total. The van der Waals surface area contributed by atoms with Gasteiger partial charge < -0.3 is 21.1 Å². The normalized spacial score (nSPS) is 22.9. The maximum atomic E-state index is 12.3. The van der Waals surface area contributed by atoms with Crippen molar-refractivity contribution in [2.24, 2.45) is 5.73 Å². The predicted molar refractivity (Wildman–Crippen MR) is 82.6 cm³/mol. The lowest BCUT2D eigenvalue weighted by molar-refractivity contribution is -0.124. The van der Waals surface area contributed by atoms with Crippen LogP contribution in [0.25, 0.3) is 0 Å². The number of ether oxygens (including phenoxy) is 1. The first-order chi connectivity index (χ1) is 10.2. The molecule has 4 N–H and O–H groups in total. The number of anilines is 1. The summed E-state index contributed by atoms with van der Waals surface area (Å²) in [6, 6.07) is 0. The van der Waals surface area contributed by atoms with E-state index in [4.69, 9.17) is 10.5 Å². The van der Waals surface area contributed by atoms with Crippen molar-refractivity contribution in [2.75, 3.05) is 31.6 Å². The Labute approximate surface area is 128 Å². The Morgan fingerprint density at radius 1 is 1.43 bits per heavy atom. The van der Waals surface area contributed by atoms with Gasteiger partial charge in [-0.1, -0.05) is 0 Å². The van der Waals surface area contributed by atoms with Crippen LogP contribution in [0.3, 0.4) is 0 Å². The van der Waals surface area contributed by atoms with Crippen molar-refractivity contribution in [3.63, 3.8) is 0 Å². The van der Waals surface area contributed by atoms with E-state index in [-0.39, 0.29) is 5.91 Å². The van der Waals surface area contributed by atoms with E-state index >= 15 is 0 Å². The highest BCUT2D eigenvalue weighted by atomic mass is 32.1. The van der Waals surface area contributed by atoms with Crippen LogP contribution in [0.15, 0.2) is 6.20 Å². The molecular formula is C14H22N4O2S. The van der Waals surface area contributed by atoms with E-state index in [1.54, 1.807) is 11.3 Å². The number of carbonyl (C=O) groups excluding carboxylic acids is 1. The summed E-state index contributed by atoms with van der Waals surface area (Å²) in [4.78, 5) is 17.9. The lowest BCUT2D eigenvalue weighted by Gasteiger charge is -2.31. The molecule has 2 fully saturated rings. The van der Waals surface area contributed by atoms with Gasteiger partial charge in [0.05, 0.1) is 0 Å². The zero-order chi connectivity index (χ0) is 14.7. The summed E-state index contributed by atoms with van der Waals surface area (Å²) < 4.78 is 5.27. The quantitative estimate of drug-likeness (QED) is 0.777. The summed E-state index contributed by atoms with van der Waals surface area (Å²) in [5.74, 6) is 0.418. The fourth-order valence-electron chi connectivity index (χ4n) is 2.82. The number of amides is 1. The first-order valence-corrected chi connectivity index (χ1v) is 8.33. The Balaban J connectivity index is 1.62. The van der Waals surface area contributed by atoms with E-state index < -0.39 is 5.54 Å². The van der Waals surface area contributed by atoms with E-state index in [1.807, 2.05) is 6.20 Å². The minimum Gasteiger partial charge on any atom is -0.381 e. The maximum Gasteiger partial charge on any atom is 0.246 e. The Hall–Kier alpha value is -1.02. The van der Waals surface area contributed by atoms with Gasteiger partial charge in [-0.05, 0) is 44.7 Å². The first kappa shape index (κ1) is 14.9. The second-order valence-electron chi connectivity index (χ2n) is 5.81. The van der Waals surface area contributed by atoms with Gasteiger partial charge >= 0.3 is 0 Å². The highest BCUT2D eigenvalue weighted by Gasteiger charge is 2.36. The molecule has 0 atom stereocenters. The summed E-state index contributed by atoms with van der Waals surface area (Å²) in [7, 11) is 0. The molecule has 0 aromatic carbocycles. The number of nitrogens with one attached hydrogen (secondary N) is 2. The number of thiazole rings is 1. The standard InChI is InChI=1S/C14H22N4O2S/c15-14(3-7-20-8-4-14)12(19)18-13-17-9-11(21-13)10-1-5-16-6-2-10/h9-10,16H,1-8,15H2,(H,17,18,19). The average Bonchev–Trinajstić information content (AvgIpc) is 2.97. The van der Waals surface area contributed by atoms with Crippen LogP contribution in [-0.2, 0) is 9.53 Å². The van der Waals surface area contributed by atoms with Crippen LogP contribution >= 0.6 is 11.3 Å². The van der Waals surface area contributed by atoms with Crippen LogP contribution in [-0.4, -0.2) is 42.7 Å². The third-order valence-corrected chi connectivity index (χ3v) is 5.40. The molecule has 21 heavy (non-hydrogen) atoms. The minimum absolute atomic E-state index is 0.142. The van der Waals surface area contributed by atoms with Gasteiger partial charge in [0.2, 0.25) is 5.91 Å². The number of hydrogen-bond donors (Lipinski definition) is 3. The van der Waals surface area contributed by atoms with E-state index in [0.29, 0.717) is 37.1 Å². The second kappa shape index (κ2) is 6.39. The SMILES string of the molecule is NC1(C(=O)Nc2ncc(C3CCNCC3)s2)CCOCC1. The fraction of sp³-hybridized carbons (Fsp3) is 0.714. The molecule has 0 bridgehead atoms. The minimum atomic E-state index is -0.821. The summed E-state index contributed by atoms with van der Waals surface area (Å²) in [5, 5.41) is 6.90. The van der Waals surface area contributed by atoms with Crippen molar-refractivity contribution in [1.29, 1.82) is 0 Å². The molecule has 116 valence electrons. The van der Waals surface area contributed by atoms with Crippen molar-refractivity contribution in [3.05, 3.63) is 11.1 Å². The molecular weight excluding hydrogens is 288 g/mol. The van der Waals surface area contributed by atoms with E-state index in [9.17, 15) is 4.79 Å². The highest BCUT2D eigenvalue weighted by Crippen LogP contribution is 2.32. The molecule has 0 aliphatic carbocycles. The number of rotatable bonds is 3. The monoisotopic (exact) mass is 310 g/mol. The van der Waals surface area contributed by atoms with Crippen LogP contribution in [0.5, 0.6) is 0 Å². The van der Waals surface area contributed by atoms with Gasteiger partial charge in [-0.2, -0.15) is 0 Å². The first-order valence-electron chi connectivity index (χ1n) is 7.52. The summed E-state index contributed by atoms with van der Waals surface area (Å²) in [5.41, 5.74) is 5.36. The molecule has 1 aromatic heterocycles. The second-order valence-corrected chi connectivity index (χ2v) is 6.88. The van der Waals surface area contributed by atoms with Crippen molar-refractivity contribution < 1.29 is 9.53 Å². The molecule has 2 aliphatic heterocycles. The van der Waals surface area contributed by atoms with E-state index in [0.717, 1.165) is 25.9 Å². The molecule has 2 aliphatic rings. The molecule has 0 unspecified atom stereocenters. The molecule has 0 saturated carbocycles.